The fraction of sp³-hybridized carbons (Fsp3) is 0.0886. The molecular formula is C79H50O12S2. The monoisotopic (exact) mass is 1250 g/mol. The third-order valence-corrected chi connectivity index (χ3v) is 20.0. The molecule has 0 spiro atoms. The number of benzene rings is 9. The maximum absolute atomic E-state index is 16.3. The van der Waals surface area contributed by atoms with Crippen LogP contribution < -0.4 is 0 Å². The molecule has 0 fully saturated rings. The molecule has 9 aromatic carbocycles. The molecule has 93 heavy (non-hydrogen) atoms. The van der Waals surface area contributed by atoms with Gasteiger partial charge in [-0.05, 0) is 139 Å². The number of carbonyl (C=O) groups excluding carboxylic acids is 8. The first-order chi connectivity index (χ1) is 45.2. The second-order valence-electron chi connectivity index (χ2n) is 23.3. The zero-order valence-corrected chi connectivity index (χ0v) is 51.2. The van der Waals surface area contributed by atoms with Crippen molar-refractivity contribution in [2.24, 2.45) is 0 Å². The van der Waals surface area contributed by atoms with Gasteiger partial charge in [0.25, 0.3) is 0 Å². The summed E-state index contributed by atoms with van der Waals surface area (Å²) in [6.45, 7) is 4.44. The van der Waals surface area contributed by atoms with Crippen molar-refractivity contribution in [1.29, 1.82) is 0 Å². The van der Waals surface area contributed by atoms with Gasteiger partial charge in [-0.25, -0.2) is 0 Å². The maximum atomic E-state index is 16.3. The average molecular weight is 1260 g/mol. The van der Waals surface area contributed by atoms with Crippen LogP contribution in [-0.2, 0) is 75.4 Å². The number of fused-ring (bicyclic) bond motifs is 9. The fourth-order valence-electron chi connectivity index (χ4n) is 13.2. The summed E-state index contributed by atoms with van der Waals surface area (Å²) in [4.78, 5) is 125. The topological polar surface area (TPSA) is 173 Å². The van der Waals surface area contributed by atoms with Crippen LogP contribution in [0.1, 0.15) is 105 Å². The van der Waals surface area contributed by atoms with Gasteiger partial charge in [0.05, 0.1) is 11.1 Å². The Morgan fingerprint density at radius 2 is 0.688 bits per heavy atom. The van der Waals surface area contributed by atoms with Crippen LogP contribution in [0.5, 0.6) is 0 Å². The number of allylic oxidation sites excluding steroid dienone is 2. The lowest BCUT2D eigenvalue weighted by Gasteiger charge is -2.29. The van der Waals surface area contributed by atoms with Crippen molar-refractivity contribution >= 4 is 131 Å². The lowest BCUT2D eigenvalue weighted by molar-refractivity contribution is -0.165. The number of ketones is 4. The zero-order valence-electron chi connectivity index (χ0n) is 49.6. The number of carbonyl (C=O) groups is 8. The van der Waals surface area contributed by atoms with Gasteiger partial charge in [0.1, 0.15) is 26.4 Å². The van der Waals surface area contributed by atoms with Gasteiger partial charge in [-0.3, -0.25) is 38.4 Å². The Kier molecular flexibility index (Phi) is 14.3. The number of hydrogen-bond donors (Lipinski definition) is 0. The lowest BCUT2D eigenvalue weighted by atomic mass is 9.76. The molecule has 2 heterocycles. The van der Waals surface area contributed by atoms with E-state index in [4.69, 9.17) is 18.9 Å². The highest BCUT2D eigenvalue weighted by Crippen LogP contribution is 2.68. The van der Waals surface area contributed by atoms with E-state index in [2.05, 4.69) is 6.58 Å². The molecule has 2 aromatic heterocycles. The van der Waals surface area contributed by atoms with Gasteiger partial charge in [0.15, 0.2) is 23.1 Å². The first-order valence-corrected chi connectivity index (χ1v) is 31.6. The molecule has 0 N–H and O–H groups in total. The Hall–Kier alpha value is -11.3. The predicted octanol–water partition coefficient (Wildman–Crippen LogP) is 15.5. The highest BCUT2D eigenvalue weighted by Gasteiger charge is 2.72. The van der Waals surface area contributed by atoms with E-state index in [-0.39, 0.29) is 102 Å². The summed E-state index contributed by atoms with van der Waals surface area (Å²) < 4.78 is 25.4. The number of esters is 4. The summed E-state index contributed by atoms with van der Waals surface area (Å²) in [6, 6.07) is 60.4. The van der Waals surface area contributed by atoms with Crippen LogP contribution in [0.4, 0.5) is 0 Å². The minimum atomic E-state index is -2.71. The van der Waals surface area contributed by atoms with Crippen LogP contribution >= 0.6 is 22.7 Å². The zero-order chi connectivity index (χ0) is 63.9. The van der Waals surface area contributed by atoms with Gasteiger partial charge in [0, 0.05) is 64.0 Å². The Morgan fingerprint density at radius 3 is 1.01 bits per heavy atom. The molecule has 0 saturated heterocycles. The van der Waals surface area contributed by atoms with Crippen molar-refractivity contribution in [3.05, 3.63) is 310 Å². The van der Waals surface area contributed by atoms with Crippen LogP contribution in [0.15, 0.2) is 224 Å². The van der Waals surface area contributed by atoms with Crippen molar-refractivity contribution in [3.63, 3.8) is 0 Å². The molecule has 0 atom stereocenters. The van der Waals surface area contributed by atoms with Crippen LogP contribution in [0.25, 0.3) is 61.7 Å². The molecule has 0 bridgehead atoms. The predicted molar refractivity (Wildman–Crippen MR) is 357 cm³/mol. The normalized spacial score (nSPS) is 15.1. The number of aryl methyl sites for hydroxylation is 1. The van der Waals surface area contributed by atoms with Crippen LogP contribution in [0, 0.1) is 6.92 Å². The van der Waals surface area contributed by atoms with Crippen molar-refractivity contribution in [2.75, 3.05) is 0 Å². The molecule has 0 unspecified atom stereocenters. The van der Waals surface area contributed by atoms with E-state index in [9.17, 15) is 19.2 Å². The minimum absolute atomic E-state index is 0.0479. The van der Waals surface area contributed by atoms with Gasteiger partial charge in [-0.2, -0.15) is 0 Å². The number of ether oxygens (including phenoxy) is 4. The highest BCUT2D eigenvalue weighted by atomic mass is 32.1. The van der Waals surface area contributed by atoms with E-state index in [0.717, 1.165) is 66.1 Å². The van der Waals surface area contributed by atoms with E-state index in [1.807, 2.05) is 55.5 Å². The molecule has 12 nitrogen and oxygen atoms in total. The van der Waals surface area contributed by atoms with E-state index in [0.29, 0.717) is 22.3 Å². The summed E-state index contributed by atoms with van der Waals surface area (Å²) in [5.41, 5.74) is -1.60. The largest absolute Gasteiger partial charge is 0.459 e. The van der Waals surface area contributed by atoms with Gasteiger partial charge < -0.3 is 18.9 Å². The van der Waals surface area contributed by atoms with Crippen LogP contribution in [0.3, 0.4) is 0 Å². The van der Waals surface area contributed by atoms with E-state index >= 15 is 19.2 Å². The molecule has 11 aromatic rings. The first kappa shape index (κ1) is 58.1. The third kappa shape index (κ3) is 9.47. The number of rotatable bonds is 15. The molecule has 450 valence electrons. The summed E-state index contributed by atoms with van der Waals surface area (Å²) in [6.07, 6.45) is 4.51. The molecule has 15 rings (SSSR count). The van der Waals surface area contributed by atoms with Crippen molar-refractivity contribution in [2.45, 2.75) is 44.2 Å². The maximum Gasteiger partial charge on any atom is 0.333 e. The van der Waals surface area contributed by atoms with Crippen molar-refractivity contribution in [3.8, 4) is 0 Å². The third-order valence-electron chi connectivity index (χ3n) is 17.8. The lowest BCUT2D eigenvalue weighted by Crippen LogP contribution is -2.45. The molecule has 4 aliphatic carbocycles. The minimum Gasteiger partial charge on any atom is -0.459 e. The molecule has 14 heteroatoms. The van der Waals surface area contributed by atoms with Crippen molar-refractivity contribution < 1.29 is 57.3 Å². The van der Waals surface area contributed by atoms with Gasteiger partial charge >= 0.3 is 23.9 Å². The molecule has 0 aliphatic heterocycles. The number of Topliss-reactive ketones (excluding diaryl/α,β-unsaturated/α-hetero) is 4. The molecule has 0 radical (unpaired) electrons. The molecule has 0 amide bonds. The highest BCUT2D eigenvalue weighted by molar-refractivity contribution is 7.16. The second kappa shape index (κ2) is 22.9. The smallest absolute Gasteiger partial charge is 0.333 e. The second-order valence-corrected chi connectivity index (χ2v) is 25.5. The summed E-state index contributed by atoms with van der Waals surface area (Å²) >= 11 is 1.87. The number of hydrogen-bond acceptors (Lipinski definition) is 14. The van der Waals surface area contributed by atoms with E-state index in [1.54, 1.807) is 152 Å². The Bertz CT molecular complexity index is 5030. The quantitative estimate of drug-likeness (QED) is 0.0238. The van der Waals surface area contributed by atoms with Gasteiger partial charge in [0.2, 0.25) is 10.8 Å². The molecular weight excluding hydrogens is 1200 g/mol. The van der Waals surface area contributed by atoms with Crippen LogP contribution in [0.2, 0.25) is 0 Å². The van der Waals surface area contributed by atoms with Gasteiger partial charge in [-0.1, -0.05) is 164 Å². The van der Waals surface area contributed by atoms with Crippen LogP contribution in [-0.4, -0.2) is 47.0 Å². The standard InChI is InChI=1S/C79H50O12S2/c1-3-49-29-53-33-59-58(32-52(53)28-44(49)2)68(80)62(69(59)81)36-56-38-64-72(92-56)66-67(78(64,74(84)88-40-45-18-8-4-9-19-45)75(85)89-41-46-20-10-5-11-21-46)73-65(79(66,76(86)90-42-47-22-12-6-13-23-47)77(87)91-43-48-24-14-7-15-25-48)39-57(93-73)37-63-70(82)60-34-54-30-50-26-16-17-27-51(50)31-55(54)35-61(60)71(63)83/h3-39H,1,40-43H2,2H3/b62-36-. The van der Waals surface area contributed by atoms with Crippen molar-refractivity contribution in [1.82, 2.24) is 0 Å². The summed E-state index contributed by atoms with van der Waals surface area (Å²) in [5, 5.41) is 4.84. The van der Waals surface area contributed by atoms with E-state index in [1.165, 1.54) is 24.3 Å². The number of thiophene rings is 2. The Morgan fingerprint density at radius 1 is 0.387 bits per heavy atom. The SMILES string of the molecule is C=Cc1cc2cc3c(cc2cc1C)C(=O)/C(=C/c1cc2c(s1)C1=C(c4sc(C=C5C(=O)c6cc7cc8ccccc8cc7cc6C5=O)cc4C1(C(=O)OCc1ccccc1)C(=O)OCc1ccccc1)C2(C(=O)OCc1ccccc1)C(=O)OCc1ccccc1)C3=O. The Labute approximate surface area is 540 Å². The summed E-state index contributed by atoms with van der Waals surface area (Å²) in [7, 11) is 0. The first-order valence-electron chi connectivity index (χ1n) is 29.9. The molecule has 4 aliphatic rings. The fourth-order valence-corrected chi connectivity index (χ4v) is 15.8. The summed E-state index contributed by atoms with van der Waals surface area (Å²) in [5.74, 6) is -6.88. The molecule has 0 saturated carbocycles. The Balaban J connectivity index is 0.968. The average Bonchev–Trinajstić information content (AvgIpc) is 1.48. The van der Waals surface area contributed by atoms with E-state index < -0.39 is 57.8 Å². The van der Waals surface area contributed by atoms with Gasteiger partial charge in [-0.15, -0.1) is 22.7 Å².